The van der Waals surface area contributed by atoms with Gasteiger partial charge in [-0.05, 0) is 48.2 Å². The largest absolute Gasteiger partial charge is 0.314 e. The molecule has 2 heteroatoms. The van der Waals surface area contributed by atoms with E-state index in [2.05, 4.69) is 48.4 Å². The van der Waals surface area contributed by atoms with E-state index in [9.17, 15) is 0 Å². The van der Waals surface area contributed by atoms with E-state index >= 15 is 0 Å². The summed E-state index contributed by atoms with van der Waals surface area (Å²) in [5, 5.41) is 6.24. The first-order chi connectivity index (χ1) is 9.23. The summed E-state index contributed by atoms with van der Waals surface area (Å²) in [6.07, 6.45) is 7.67. The Balaban J connectivity index is 2.00. The molecular weight excluding hydrogens is 232 g/mol. The van der Waals surface area contributed by atoms with Crippen LogP contribution in [0.15, 0.2) is 36.7 Å². The maximum absolute atomic E-state index is 4.24. The molecule has 0 aliphatic heterocycles. The molecular formula is C17H22N2. The summed E-state index contributed by atoms with van der Waals surface area (Å²) in [6, 6.07) is 9.47. The van der Waals surface area contributed by atoms with Crippen molar-refractivity contribution in [3.8, 4) is 0 Å². The summed E-state index contributed by atoms with van der Waals surface area (Å²) in [5.41, 5.74) is 1.79. The Kier molecular flexibility index (Phi) is 3.28. The highest BCUT2D eigenvalue weighted by Gasteiger charge is 2.36. The van der Waals surface area contributed by atoms with Crippen LogP contribution in [0.3, 0.4) is 0 Å². The van der Waals surface area contributed by atoms with Crippen LogP contribution in [0.4, 0.5) is 0 Å². The van der Waals surface area contributed by atoms with E-state index in [1.54, 1.807) is 0 Å². The van der Waals surface area contributed by atoms with Gasteiger partial charge in [-0.15, -0.1) is 0 Å². The Bertz CT molecular complexity index is 573. The van der Waals surface area contributed by atoms with Gasteiger partial charge in [-0.3, -0.25) is 4.98 Å². The maximum atomic E-state index is 4.24. The number of benzene rings is 1. The molecule has 100 valence electrons. The number of fused-ring (bicyclic) bond motifs is 1. The van der Waals surface area contributed by atoms with E-state index in [-0.39, 0.29) is 0 Å². The molecule has 0 saturated heterocycles. The fourth-order valence-corrected chi connectivity index (χ4v) is 3.60. The van der Waals surface area contributed by atoms with Crippen LogP contribution in [-0.2, 0) is 5.41 Å². The fraction of sp³-hybridized carbons (Fsp3) is 0.471. The highest BCUT2D eigenvalue weighted by Crippen LogP contribution is 2.43. The van der Waals surface area contributed by atoms with Crippen LogP contribution in [0.25, 0.3) is 10.8 Å². The number of pyridine rings is 1. The van der Waals surface area contributed by atoms with Gasteiger partial charge in [0.05, 0.1) is 0 Å². The number of hydrogen-bond donors (Lipinski definition) is 1. The molecule has 1 saturated carbocycles. The van der Waals surface area contributed by atoms with Crippen LogP contribution < -0.4 is 5.32 Å². The molecule has 19 heavy (non-hydrogen) atoms. The normalized spacial score (nSPS) is 26.9. The second kappa shape index (κ2) is 4.93. The molecule has 2 aromatic rings. The zero-order chi connectivity index (χ0) is 13.3. The van der Waals surface area contributed by atoms with E-state index in [1.807, 2.05) is 12.4 Å². The molecule has 1 aliphatic carbocycles. The minimum atomic E-state index is 0.299. The molecule has 3 rings (SSSR count). The van der Waals surface area contributed by atoms with Gasteiger partial charge >= 0.3 is 0 Å². The number of hydrogen-bond acceptors (Lipinski definition) is 2. The highest BCUT2D eigenvalue weighted by atomic mass is 14.9. The number of rotatable bonds is 3. The summed E-state index contributed by atoms with van der Waals surface area (Å²) in [5.74, 6) is 0. The van der Waals surface area contributed by atoms with E-state index in [0.717, 1.165) is 6.54 Å². The lowest BCUT2D eigenvalue weighted by Gasteiger charge is -2.26. The summed E-state index contributed by atoms with van der Waals surface area (Å²) in [7, 11) is 0. The van der Waals surface area contributed by atoms with E-state index in [1.165, 1.54) is 35.6 Å². The van der Waals surface area contributed by atoms with Crippen LogP contribution in [0.2, 0.25) is 0 Å². The molecule has 1 fully saturated rings. The minimum Gasteiger partial charge on any atom is -0.314 e. The van der Waals surface area contributed by atoms with Gasteiger partial charge in [0.25, 0.3) is 0 Å². The van der Waals surface area contributed by atoms with Gasteiger partial charge in [-0.25, -0.2) is 0 Å². The maximum Gasteiger partial charge on any atom is 0.0346 e. The average Bonchev–Trinajstić information content (AvgIpc) is 2.81. The summed E-state index contributed by atoms with van der Waals surface area (Å²) < 4.78 is 0. The lowest BCUT2D eigenvalue weighted by atomic mass is 9.78. The predicted octanol–water partition coefficient (Wildman–Crippen LogP) is 3.65. The minimum absolute atomic E-state index is 0.299. The van der Waals surface area contributed by atoms with Gasteiger partial charge < -0.3 is 5.32 Å². The van der Waals surface area contributed by atoms with E-state index in [0.29, 0.717) is 11.5 Å². The molecule has 0 bridgehead atoms. The van der Waals surface area contributed by atoms with Crippen LogP contribution in [0.5, 0.6) is 0 Å². The molecule has 1 aromatic heterocycles. The lowest BCUT2D eigenvalue weighted by molar-refractivity contribution is 0.461. The molecule has 0 radical (unpaired) electrons. The third-order valence-electron chi connectivity index (χ3n) is 4.57. The van der Waals surface area contributed by atoms with Gasteiger partial charge in [-0.2, -0.15) is 0 Å². The average molecular weight is 254 g/mol. The van der Waals surface area contributed by atoms with Crippen molar-refractivity contribution in [3.63, 3.8) is 0 Å². The third kappa shape index (κ3) is 2.25. The van der Waals surface area contributed by atoms with E-state index in [4.69, 9.17) is 0 Å². The first-order valence-corrected chi connectivity index (χ1v) is 7.29. The van der Waals surface area contributed by atoms with Gasteiger partial charge in [0.1, 0.15) is 0 Å². The van der Waals surface area contributed by atoms with Crippen molar-refractivity contribution >= 4 is 10.8 Å². The Morgan fingerprint density at radius 2 is 2.26 bits per heavy atom. The monoisotopic (exact) mass is 254 g/mol. The first-order valence-electron chi connectivity index (χ1n) is 7.29. The summed E-state index contributed by atoms with van der Waals surface area (Å²) in [4.78, 5) is 4.24. The number of aromatic nitrogens is 1. The van der Waals surface area contributed by atoms with Gasteiger partial charge in [0, 0.05) is 23.8 Å². The molecule has 2 nitrogen and oxygen atoms in total. The standard InChI is InChI=1S/C17H22N2/c1-3-19-14-7-9-17(2,11-14)16-6-4-5-13-12-18-10-8-15(13)16/h4-6,8,10,12,14,19H,3,7,9,11H2,1-2H3. The molecule has 1 N–H and O–H groups in total. The van der Waals surface area contributed by atoms with Crippen molar-refractivity contribution in [1.29, 1.82) is 0 Å². The molecule has 1 heterocycles. The van der Waals surface area contributed by atoms with Crippen molar-refractivity contribution in [3.05, 3.63) is 42.2 Å². The Morgan fingerprint density at radius 3 is 3.11 bits per heavy atom. The first kappa shape index (κ1) is 12.6. The zero-order valence-electron chi connectivity index (χ0n) is 11.8. The number of nitrogens with zero attached hydrogens (tertiary/aromatic N) is 1. The third-order valence-corrected chi connectivity index (χ3v) is 4.57. The van der Waals surface area contributed by atoms with Crippen molar-refractivity contribution in [2.45, 2.75) is 44.6 Å². The smallest absolute Gasteiger partial charge is 0.0346 e. The Morgan fingerprint density at radius 1 is 1.37 bits per heavy atom. The molecule has 2 atom stereocenters. The van der Waals surface area contributed by atoms with Crippen LogP contribution in [0, 0.1) is 0 Å². The SMILES string of the molecule is CCNC1CCC(C)(c2cccc3cnccc23)C1. The second-order valence-electron chi connectivity index (χ2n) is 5.96. The quantitative estimate of drug-likeness (QED) is 0.904. The Hall–Kier alpha value is -1.41. The van der Waals surface area contributed by atoms with Crippen molar-refractivity contribution < 1.29 is 0 Å². The van der Waals surface area contributed by atoms with Crippen molar-refractivity contribution in [1.82, 2.24) is 10.3 Å². The van der Waals surface area contributed by atoms with Gasteiger partial charge in [0.2, 0.25) is 0 Å². The van der Waals surface area contributed by atoms with Crippen LogP contribution in [-0.4, -0.2) is 17.6 Å². The topological polar surface area (TPSA) is 24.9 Å². The second-order valence-corrected chi connectivity index (χ2v) is 5.96. The highest BCUT2D eigenvalue weighted by molar-refractivity contribution is 5.85. The molecule has 1 aliphatic rings. The fourth-order valence-electron chi connectivity index (χ4n) is 3.60. The molecule has 0 spiro atoms. The lowest BCUT2D eigenvalue weighted by Crippen LogP contribution is -2.28. The Labute approximate surface area is 115 Å². The van der Waals surface area contributed by atoms with Gasteiger partial charge in [0.15, 0.2) is 0 Å². The summed E-state index contributed by atoms with van der Waals surface area (Å²) in [6.45, 7) is 5.68. The van der Waals surface area contributed by atoms with Crippen molar-refractivity contribution in [2.24, 2.45) is 0 Å². The van der Waals surface area contributed by atoms with Crippen LogP contribution >= 0.6 is 0 Å². The molecule has 1 aromatic carbocycles. The number of nitrogens with one attached hydrogen (secondary N) is 1. The molecule has 0 amide bonds. The molecule has 2 unspecified atom stereocenters. The zero-order valence-corrected chi connectivity index (χ0v) is 11.8. The summed E-state index contributed by atoms with van der Waals surface area (Å²) >= 11 is 0. The van der Waals surface area contributed by atoms with E-state index < -0.39 is 0 Å². The van der Waals surface area contributed by atoms with Crippen molar-refractivity contribution in [2.75, 3.05) is 6.54 Å². The van der Waals surface area contributed by atoms with Crippen LogP contribution in [0.1, 0.15) is 38.7 Å². The predicted molar refractivity (Wildman–Crippen MR) is 80.4 cm³/mol. The van der Waals surface area contributed by atoms with Gasteiger partial charge in [-0.1, -0.05) is 32.0 Å².